The molecule has 2 N–H and O–H groups in total. The Morgan fingerprint density at radius 1 is 1.53 bits per heavy atom. The first-order chi connectivity index (χ1) is 6.99. The van der Waals surface area contributed by atoms with Crippen molar-refractivity contribution in [3.05, 3.63) is 11.8 Å². The highest BCUT2D eigenvalue weighted by molar-refractivity contribution is 5.89. The van der Waals surface area contributed by atoms with Gasteiger partial charge >= 0.3 is 17.8 Å². The van der Waals surface area contributed by atoms with Crippen LogP contribution < -0.4 is 5.32 Å². The van der Waals surface area contributed by atoms with Crippen molar-refractivity contribution in [1.29, 1.82) is 0 Å². The fourth-order valence-corrected chi connectivity index (χ4v) is 0.987. The van der Waals surface area contributed by atoms with Crippen LogP contribution in [0.3, 0.4) is 0 Å². The summed E-state index contributed by atoms with van der Waals surface area (Å²) >= 11 is 0. The van der Waals surface area contributed by atoms with Gasteiger partial charge in [-0.15, -0.1) is 10.2 Å². The monoisotopic (exact) mass is 213 g/mol. The van der Waals surface area contributed by atoms with E-state index in [1.54, 1.807) is 13.8 Å². The Bertz CT molecular complexity index is 374. The third-order valence-corrected chi connectivity index (χ3v) is 1.58. The SMILES string of the molecule is Cc1nnc(C(=O)NC(C)CC(=O)O)o1. The van der Waals surface area contributed by atoms with Gasteiger partial charge in [-0.25, -0.2) is 0 Å². The van der Waals surface area contributed by atoms with Crippen molar-refractivity contribution in [1.82, 2.24) is 15.5 Å². The normalized spacial score (nSPS) is 12.1. The van der Waals surface area contributed by atoms with Gasteiger partial charge in [0.05, 0.1) is 6.42 Å². The molecule has 0 bridgehead atoms. The minimum atomic E-state index is -0.982. The van der Waals surface area contributed by atoms with Gasteiger partial charge in [0.15, 0.2) is 0 Å². The van der Waals surface area contributed by atoms with Crippen molar-refractivity contribution in [3.8, 4) is 0 Å². The van der Waals surface area contributed by atoms with E-state index in [9.17, 15) is 9.59 Å². The van der Waals surface area contributed by atoms with E-state index in [-0.39, 0.29) is 18.2 Å². The number of nitrogens with zero attached hydrogens (tertiary/aromatic N) is 2. The van der Waals surface area contributed by atoms with Gasteiger partial charge in [0.1, 0.15) is 0 Å². The lowest BCUT2D eigenvalue weighted by Gasteiger charge is -2.08. The van der Waals surface area contributed by atoms with Gasteiger partial charge < -0.3 is 14.8 Å². The van der Waals surface area contributed by atoms with Crippen molar-refractivity contribution in [3.63, 3.8) is 0 Å². The molecule has 7 heteroatoms. The molecular formula is C8H11N3O4. The number of hydrogen-bond acceptors (Lipinski definition) is 5. The predicted molar refractivity (Wildman–Crippen MR) is 48.2 cm³/mol. The van der Waals surface area contributed by atoms with Crippen LogP contribution in [0, 0.1) is 6.92 Å². The fourth-order valence-electron chi connectivity index (χ4n) is 0.987. The largest absolute Gasteiger partial charge is 0.481 e. The fraction of sp³-hybridized carbons (Fsp3) is 0.500. The minimum absolute atomic E-state index is 0.154. The first-order valence-corrected chi connectivity index (χ1v) is 4.32. The van der Waals surface area contributed by atoms with E-state index < -0.39 is 17.9 Å². The maximum Gasteiger partial charge on any atom is 0.309 e. The van der Waals surface area contributed by atoms with E-state index in [1.165, 1.54) is 0 Å². The van der Waals surface area contributed by atoms with Crippen LogP contribution >= 0.6 is 0 Å². The van der Waals surface area contributed by atoms with Crippen molar-refractivity contribution < 1.29 is 19.1 Å². The van der Waals surface area contributed by atoms with E-state index in [0.29, 0.717) is 0 Å². The van der Waals surface area contributed by atoms with Crippen molar-refractivity contribution in [2.45, 2.75) is 26.3 Å². The molecular weight excluding hydrogens is 202 g/mol. The summed E-state index contributed by atoms with van der Waals surface area (Å²) in [5, 5.41) is 17.9. The summed E-state index contributed by atoms with van der Waals surface area (Å²) in [6.45, 7) is 3.14. The Morgan fingerprint density at radius 3 is 2.67 bits per heavy atom. The van der Waals surface area contributed by atoms with Gasteiger partial charge in [0.2, 0.25) is 5.89 Å². The average molecular weight is 213 g/mol. The zero-order valence-corrected chi connectivity index (χ0v) is 8.35. The Kier molecular flexibility index (Phi) is 3.37. The van der Waals surface area contributed by atoms with Gasteiger partial charge in [-0.05, 0) is 6.92 Å². The second kappa shape index (κ2) is 4.54. The molecule has 0 aliphatic rings. The maximum absolute atomic E-state index is 11.3. The molecule has 0 radical (unpaired) electrons. The molecule has 1 aromatic heterocycles. The number of carboxylic acid groups (broad SMARTS) is 1. The number of carboxylic acids is 1. The summed E-state index contributed by atoms with van der Waals surface area (Å²) in [6.07, 6.45) is -0.154. The number of carbonyl (C=O) groups excluding carboxylic acids is 1. The Balaban J connectivity index is 2.52. The highest BCUT2D eigenvalue weighted by Crippen LogP contribution is 1.99. The van der Waals surface area contributed by atoms with Gasteiger partial charge in [0.25, 0.3) is 0 Å². The van der Waals surface area contributed by atoms with Crippen LogP contribution in [0.5, 0.6) is 0 Å². The summed E-state index contributed by atoms with van der Waals surface area (Å²) in [7, 11) is 0. The molecule has 1 unspecified atom stereocenters. The van der Waals surface area contributed by atoms with Crippen LogP contribution in [0.4, 0.5) is 0 Å². The number of aromatic nitrogens is 2. The number of hydrogen-bond donors (Lipinski definition) is 2. The number of aliphatic carboxylic acids is 1. The molecule has 1 heterocycles. The van der Waals surface area contributed by atoms with Crippen LogP contribution in [0.2, 0.25) is 0 Å². The molecule has 0 aromatic carbocycles. The minimum Gasteiger partial charge on any atom is -0.481 e. The van der Waals surface area contributed by atoms with E-state index in [4.69, 9.17) is 9.52 Å². The summed E-state index contributed by atoms with van der Waals surface area (Å²) in [5.74, 6) is -1.43. The van der Waals surface area contributed by atoms with Gasteiger partial charge in [-0.2, -0.15) is 0 Å². The zero-order chi connectivity index (χ0) is 11.4. The van der Waals surface area contributed by atoms with Crippen LogP contribution in [0.1, 0.15) is 29.9 Å². The highest BCUT2D eigenvalue weighted by Gasteiger charge is 2.17. The highest BCUT2D eigenvalue weighted by atomic mass is 16.4. The molecule has 0 saturated heterocycles. The summed E-state index contributed by atoms with van der Waals surface area (Å²) in [4.78, 5) is 21.7. The summed E-state index contributed by atoms with van der Waals surface area (Å²) in [5.41, 5.74) is 0. The van der Waals surface area contributed by atoms with E-state index >= 15 is 0 Å². The number of carbonyl (C=O) groups is 2. The molecule has 1 amide bonds. The molecule has 0 aliphatic heterocycles. The van der Waals surface area contributed by atoms with Gasteiger partial charge in [-0.1, -0.05) is 0 Å². The lowest BCUT2D eigenvalue weighted by Crippen LogP contribution is -2.34. The standard InChI is InChI=1S/C8H11N3O4/c1-4(3-6(12)13)9-7(14)8-11-10-5(2)15-8/h4H,3H2,1-2H3,(H,9,14)(H,12,13). The van der Waals surface area contributed by atoms with Crippen molar-refractivity contribution in [2.24, 2.45) is 0 Å². The van der Waals surface area contributed by atoms with Gasteiger partial charge in [-0.3, -0.25) is 9.59 Å². The summed E-state index contributed by atoms with van der Waals surface area (Å²) < 4.78 is 4.87. The van der Waals surface area contributed by atoms with E-state index in [0.717, 1.165) is 0 Å². The number of nitrogens with one attached hydrogen (secondary N) is 1. The average Bonchev–Trinajstić information content (AvgIpc) is 2.49. The molecule has 1 aromatic rings. The molecule has 0 fully saturated rings. The molecule has 7 nitrogen and oxygen atoms in total. The third-order valence-electron chi connectivity index (χ3n) is 1.58. The lowest BCUT2D eigenvalue weighted by molar-refractivity contribution is -0.137. The lowest BCUT2D eigenvalue weighted by atomic mass is 10.2. The Labute approximate surface area is 85.5 Å². The molecule has 0 saturated carbocycles. The van der Waals surface area contributed by atoms with Crippen LogP contribution in [-0.2, 0) is 4.79 Å². The Morgan fingerprint density at radius 2 is 2.20 bits per heavy atom. The zero-order valence-electron chi connectivity index (χ0n) is 8.35. The molecule has 1 rings (SSSR count). The molecule has 15 heavy (non-hydrogen) atoms. The van der Waals surface area contributed by atoms with Crippen LogP contribution in [-0.4, -0.2) is 33.2 Å². The van der Waals surface area contributed by atoms with Crippen LogP contribution in [0.25, 0.3) is 0 Å². The second-order valence-corrected chi connectivity index (χ2v) is 3.10. The maximum atomic E-state index is 11.3. The smallest absolute Gasteiger partial charge is 0.309 e. The molecule has 0 spiro atoms. The second-order valence-electron chi connectivity index (χ2n) is 3.10. The predicted octanol–water partition coefficient (Wildman–Crippen LogP) is -0.0290. The van der Waals surface area contributed by atoms with Crippen molar-refractivity contribution in [2.75, 3.05) is 0 Å². The molecule has 82 valence electrons. The quantitative estimate of drug-likeness (QED) is 0.727. The van der Waals surface area contributed by atoms with E-state index in [2.05, 4.69) is 15.5 Å². The molecule has 0 aliphatic carbocycles. The Hall–Kier alpha value is -1.92. The first kappa shape index (κ1) is 11.2. The first-order valence-electron chi connectivity index (χ1n) is 4.32. The summed E-state index contributed by atoms with van der Waals surface area (Å²) in [6, 6.07) is -0.484. The topological polar surface area (TPSA) is 105 Å². The van der Waals surface area contributed by atoms with Crippen LogP contribution in [0.15, 0.2) is 4.42 Å². The van der Waals surface area contributed by atoms with E-state index in [1.807, 2.05) is 0 Å². The molecule has 1 atom stereocenters. The van der Waals surface area contributed by atoms with Gasteiger partial charge in [0, 0.05) is 13.0 Å². The number of rotatable bonds is 4. The number of aryl methyl sites for hydroxylation is 1. The number of amides is 1. The van der Waals surface area contributed by atoms with Crippen molar-refractivity contribution >= 4 is 11.9 Å². The third kappa shape index (κ3) is 3.37.